The molecule has 168 valence electrons. The second kappa shape index (κ2) is 10.1. The fourth-order valence-electron chi connectivity index (χ4n) is 3.33. The van der Waals surface area contributed by atoms with Gasteiger partial charge in [-0.3, -0.25) is 9.59 Å². The van der Waals surface area contributed by atoms with Crippen LogP contribution in [-0.4, -0.2) is 25.4 Å². The third-order valence-corrected chi connectivity index (χ3v) is 6.35. The highest BCUT2D eigenvalue weighted by Crippen LogP contribution is 2.41. The summed E-state index contributed by atoms with van der Waals surface area (Å²) in [5.74, 6) is 1.11. The summed E-state index contributed by atoms with van der Waals surface area (Å²) in [7, 11) is 3.05. The molecule has 0 N–H and O–H groups in total. The van der Waals surface area contributed by atoms with E-state index in [0.717, 1.165) is 22.2 Å². The van der Waals surface area contributed by atoms with E-state index in [4.69, 9.17) is 14.2 Å². The maximum atomic E-state index is 13.0. The van der Waals surface area contributed by atoms with Crippen LogP contribution in [0.4, 0.5) is 10.5 Å². The number of anilines is 1. The van der Waals surface area contributed by atoms with Crippen LogP contribution in [0.3, 0.4) is 0 Å². The summed E-state index contributed by atoms with van der Waals surface area (Å²) in [6.07, 6.45) is 1.66. The number of para-hydroxylation sites is 2. The van der Waals surface area contributed by atoms with Crippen molar-refractivity contribution in [2.75, 3.05) is 19.1 Å². The Hall–Kier alpha value is -3.23. The molecule has 1 aliphatic rings. The van der Waals surface area contributed by atoms with Gasteiger partial charge in [0.25, 0.3) is 11.1 Å². The van der Waals surface area contributed by atoms with Crippen LogP contribution in [-0.2, 0) is 11.4 Å². The van der Waals surface area contributed by atoms with Crippen LogP contribution < -0.4 is 19.1 Å². The molecule has 0 atom stereocenters. The van der Waals surface area contributed by atoms with E-state index in [1.807, 2.05) is 36.4 Å². The zero-order valence-corrected chi connectivity index (χ0v) is 20.3. The maximum absolute atomic E-state index is 13.0. The monoisotopic (exact) mass is 525 g/mol. The van der Waals surface area contributed by atoms with Crippen LogP contribution in [0, 0.1) is 0 Å². The highest BCUT2D eigenvalue weighted by Gasteiger charge is 2.37. The Kier molecular flexibility index (Phi) is 7.05. The summed E-state index contributed by atoms with van der Waals surface area (Å²) in [6.45, 7) is 0.382. The third-order valence-electron chi connectivity index (χ3n) is 4.90. The predicted molar refractivity (Wildman–Crippen MR) is 133 cm³/mol. The summed E-state index contributed by atoms with van der Waals surface area (Å²) in [5, 5.41) is -0.385. The molecule has 1 heterocycles. The number of hydrogen-bond acceptors (Lipinski definition) is 6. The molecule has 1 aliphatic heterocycles. The SMILES string of the molecule is COc1ccccc1N1C(=O)S/C(=C\c2cc(Br)c(OCc3ccccc3)c(OC)c2)C1=O. The first-order valence-corrected chi connectivity index (χ1v) is 11.6. The molecule has 0 spiro atoms. The first-order chi connectivity index (χ1) is 16.0. The average molecular weight is 526 g/mol. The summed E-state index contributed by atoms with van der Waals surface area (Å²) in [4.78, 5) is 27.1. The van der Waals surface area contributed by atoms with Gasteiger partial charge < -0.3 is 14.2 Å². The van der Waals surface area contributed by atoms with Gasteiger partial charge in [0.05, 0.1) is 29.3 Å². The van der Waals surface area contributed by atoms with Gasteiger partial charge in [-0.1, -0.05) is 42.5 Å². The number of carbonyl (C=O) groups is 2. The first-order valence-electron chi connectivity index (χ1n) is 9.97. The minimum Gasteiger partial charge on any atom is -0.495 e. The van der Waals surface area contributed by atoms with E-state index in [9.17, 15) is 9.59 Å². The normalized spacial score (nSPS) is 14.6. The van der Waals surface area contributed by atoms with Crippen LogP contribution in [0.1, 0.15) is 11.1 Å². The van der Waals surface area contributed by atoms with Crippen LogP contribution in [0.5, 0.6) is 17.2 Å². The minimum atomic E-state index is -0.408. The van der Waals surface area contributed by atoms with Crippen LogP contribution in [0.2, 0.25) is 0 Å². The smallest absolute Gasteiger partial charge is 0.298 e. The number of nitrogens with zero attached hydrogens (tertiary/aromatic N) is 1. The highest BCUT2D eigenvalue weighted by atomic mass is 79.9. The zero-order chi connectivity index (χ0) is 23.4. The van der Waals surface area contributed by atoms with Crippen LogP contribution in [0.15, 0.2) is 76.1 Å². The standard InChI is InChI=1S/C25H20BrNO5S/c1-30-20-11-7-6-10-19(20)27-24(28)22(33-25(27)29)14-17-12-18(26)23(21(13-17)31-2)32-15-16-8-4-3-5-9-16/h3-14H,15H2,1-2H3/b22-14-. The summed E-state index contributed by atoms with van der Waals surface area (Å²) >= 11 is 4.41. The lowest BCUT2D eigenvalue weighted by Crippen LogP contribution is -2.28. The number of methoxy groups -OCH3 is 2. The summed E-state index contributed by atoms with van der Waals surface area (Å²) in [6, 6.07) is 20.3. The molecule has 4 rings (SSSR count). The lowest BCUT2D eigenvalue weighted by Gasteiger charge is -2.15. The number of hydrogen-bond donors (Lipinski definition) is 0. The lowest BCUT2D eigenvalue weighted by atomic mass is 10.1. The van der Waals surface area contributed by atoms with Crippen molar-refractivity contribution in [3.05, 3.63) is 87.2 Å². The largest absolute Gasteiger partial charge is 0.495 e. The molecule has 3 aromatic carbocycles. The molecule has 33 heavy (non-hydrogen) atoms. The van der Waals surface area contributed by atoms with Crippen molar-refractivity contribution >= 4 is 50.6 Å². The molecular formula is C25H20BrNO5S. The molecule has 0 bridgehead atoms. The number of rotatable bonds is 7. The van der Waals surface area contributed by atoms with E-state index in [1.165, 1.54) is 7.11 Å². The Labute approximate surface area is 204 Å². The summed E-state index contributed by atoms with van der Waals surface area (Å²) < 4.78 is 17.5. The number of amides is 2. The van der Waals surface area contributed by atoms with Crippen molar-refractivity contribution in [2.45, 2.75) is 6.61 Å². The molecule has 0 aliphatic carbocycles. The van der Waals surface area contributed by atoms with Crippen molar-refractivity contribution in [3.8, 4) is 17.2 Å². The van der Waals surface area contributed by atoms with Crippen LogP contribution >= 0.6 is 27.7 Å². The van der Waals surface area contributed by atoms with E-state index >= 15 is 0 Å². The molecule has 3 aromatic rings. The number of imide groups is 1. The molecular weight excluding hydrogens is 506 g/mol. The Balaban J connectivity index is 1.60. The Morgan fingerprint density at radius 3 is 2.36 bits per heavy atom. The molecule has 0 saturated carbocycles. The van der Waals surface area contributed by atoms with Crippen molar-refractivity contribution in [2.24, 2.45) is 0 Å². The number of thioether (sulfide) groups is 1. The number of halogens is 1. The predicted octanol–water partition coefficient (Wildman–Crippen LogP) is 6.29. The minimum absolute atomic E-state index is 0.304. The van der Waals surface area contributed by atoms with Gasteiger partial charge in [-0.05, 0) is 69.2 Å². The van der Waals surface area contributed by atoms with Gasteiger partial charge in [0.15, 0.2) is 11.5 Å². The van der Waals surface area contributed by atoms with Gasteiger partial charge in [-0.25, -0.2) is 4.90 Å². The van der Waals surface area contributed by atoms with Crippen molar-refractivity contribution in [1.29, 1.82) is 0 Å². The average Bonchev–Trinajstić information content (AvgIpc) is 3.11. The molecule has 1 fully saturated rings. The third kappa shape index (κ3) is 4.91. The van der Waals surface area contributed by atoms with Crippen molar-refractivity contribution in [1.82, 2.24) is 0 Å². The van der Waals surface area contributed by atoms with Gasteiger partial charge in [-0.2, -0.15) is 0 Å². The van der Waals surface area contributed by atoms with Gasteiger partial charge in [0.1, 0.15) is 12.4 Å². The molecule has 0 unspecified atom stereocenters. The van der Waals surface area contributed by atoms with Gasteiger partial charge in [-0.15, -0.1) is 0 Å². The van der Waals surface area contributed by atoms with E-state index in [-0.39, 0.29) is 5.24 Å². The lowest BCUT2D eigenvalue weighted by molar-refractivity contribution is -0.113. The van der Waals surface area contributed by atoms with E-state index in [0.29, 0.717) is 44.5 Å². The molecule has 6 nitrogen and oxygen atoms in total. The number of benzene rings is 3. The Morgan fingerprint density at radius 1 is 0.939 bits per heavy atom. The summed E-state index contributed by atoms with van der Waals surface area (Å²) in [5.41, 5.74) is 2.13. The number of ether oxygens (including phenoxy) is 3. The molecule has 1 saturated heterocycles. The second-order valence-electron chi connectivity index (χ2n) is 7.00. The van der Waals surface area contributed by atoms with E-state index in [1.54, 1.807) is 43.5 Å². The molecule has 0 aromatic heterocycles. The fraction of sp³-hybridized carbons (Fsp3) is 0.120. The second-order valence-corrected chi connectivity index (χ2v) is 8.84. The topological polar surface area (TPSA) is 65.1 Å². The van der Waals surface area contributed by atoms with Gasteiger partial charge in [0.2, 0.25) is 0 Å². The first kappa shape index (κ1) is 22.9. The fourth-order valence-corrected chi connectivity index (χ4v) is 4.74. The van der Waals surface area contributed by atoms with E-state index in [2.05, 4.69) is 15.9 Å². The van der Waals surface area contributed by atoms with Crippen molar-refractivity contribution in [3.63, 3.8) is 0 Å². The van der Waals surface area contributed by atoms with E-state index < -0.39 is 5.91 Å². The molecule has 8 heteroatoms. The molecule has 2 amide bonds. The van der Waals surface area contributed by atoms with Gasteiger partial charge >= 0.3 is 0 Å². The number of carbonyl (C=O) groups excluding carboxylic acids is 2. The Morgan fingerprint density at radius 2 is 1.64 bits per heavy atom. The van der Waals surface area contributed by atoms with Crippen LogP contribution in [0.25, 0.3) is 6.08 Å². The van der Waals surface area contributed by atoms with Gasteiger partial charge in [0, 0.05) is 0 Å². The highest BCUT2D eigenvalue weighted by molar-refractivity contribution is 9.10. The molecule has 0 radical (unpaired) electrons. The quantitative estimate of drug-likeness (QED) is 0.338. The van der Waals surface area contributed by atoms with Crippen molar-refractivity contribution < 1.29 is 23.8 Å². The maximum Gasteiger partial charge on any atom is 0.298 e. The Bertz CT molecular complexity index is 1230. The zero-order valence-electron chi connectivity index (χ0n) is 17.9.